The van der Waals surface area contributed by atoms with Crippen LogP contribution in [0.5, 0.6) is 5.75 Å². The smallest absolute Gasteiger partial charge is 0.261 e. The predicted octanol–water partition coefficient (Wildman–Crippen LogP) is 3.76. The zero-order valence-electron chi connectivity index (χ0n) is 15.4. The van der Waals surface area contributed by atoms with Gasteiger partial charge >= 0.3 is 0 Å². The fourth-order valence-electron chi connectivity index (χ4n) is 2.60. The number of fused-ring (bicyclic) bond motifs is 1. The van der Waals surface area contributed by atoms with Gasteiger partial charge in [0.15, 0.2) is 11.7 Å². The van der Waals surface area contributed by atoms with Crippen molar-refractivity contribution in [1.29, 1.82) is 0 Å². The molecule has 0 saturated carbocycles. The Morgan fingerprint density at radius 3 is 2.52 bits per heavy atom. The topological polar surface area (TPSA) is 80.3 Å². The van der Waals surface area contributed by atoms with E-state index in [1.54, 1.807) is 12.1 Å². The molecule has 1 heterocycles. The van der Waals surface area contributed by atoms with E-state index in [9.17, 15) is 9.59 Å². The van der Waals surface area contributed by atoms with Crippen LogP contribution in [0.4, 0.5) is 5.13 Å². The van der Waals surface area contributed by atoms with Gasteiger partial charge in [0, 0.05) is 11.4 Å². The van der Waals surface area contributed by atoms with E-state index >= 15 is 0 Å². The number of amides is 2. The summed E-state index contributed by atoms with van der Waals surface area (Å²) < 4.78 is 5.68. The molecule has 1 aromatic heterocycles. The van der Waals surface area contributed by atoms with Crippen molar-refractivity contribution in [2.75, 3.05) is 11.9 Å². The van der Waals surface area contributed by atoms with Crippen molar-refractivity contribution in [2.45, 2.75) is 26.8 Å². The fourth-order valence-corrected chi connectivity index (χ4v) is 3.28. The quantitative estimate of drug-likeness (QED) is 0.679. The van der Waals surface area contributed by atoms with Crippen molar-refractivity contribution in [1.82, 2.24) is 10.3 Å². The number of hydrogen-bond donors (Lipinski definition) is 2. The number of rotatable bonds is 6. The number of carbonyl (C=O) groups excluding carboxylic acids is 2. The number of nitrogens with one attached hydrogen (secondary N) is 2. The molecular weight excluding hydrogens is 362 g/mol. The fraction of sp³-hybridized carbons (Fsp3) is 0.250. The number of thiazole rings is 1. The molecule has 3 rings (SSSR count). The van der Waals surface area contributed by atoms with Crippen LogP contribution in [0.2, 0.25) is 0 Å². The third-order valence-corrected chi connectivity index (χ3v) is 4.62. The van der Waals surface area contributed by atoms with Gasteiger partial charge in [-0.2, -0.15) is 0 Å². The van der Waals surface area contributed by atoms with Crippen LogP contribution in [-0.2, 0) is 4.79 Å². The van der Waals surface area contributed by atoms with Crippen molar-refractivity contribution in [3.05, 3.63) is 53.0 Å². The van der Waals surface area contributed by atoms with Gasteiger partial charge in [-0.25, -0.2) is 4.98 Å². The Hall–Kier alpha value is -2.93. The van der Waals surface area contributed by atoms with Crippen LogP contribution in [0.25, 0.3) is 10.8 Å². The molecule has 0 unspecified atom stereocenters. The van der Waals surface area contributed by atoms with Crippen LogP contribution in [0.1, 0.15) is 29.9 Å². The first-order valence-corrected chi connectivity index (χ1v) is 9.49. The molecule has 0 bridgehead atoms. The summed E-state index contributed by atoms with van der Waals surface area (Å²) in [6.07, 6.45) is 0. The molecule has 2 aromatic carbocycles. The standard InChI is InChI=1S/C20H21N3O3S/c1-12(2)21-18(24)10-26-17-9-15-7-5-4-6-14(15)8-16(17)19(25)23-20-22-13(3)11-27-20/h4-9,11-12H,10H2,1-3H3,(H,21,24)(H,22,23,25). The molecule has 0 fully saturated rings. The minimum atomic E-state index is -0.325. The second-order valence-electron chi connectivity index (χ2n) is 6.45. The Balaban J connectivity index is 1.88. The highest BCUT2D eigenvalue weighted by Crippen LogP contribution is 2.27. The molecule has 0 aliphatic carbocycles. The third kappa shape index (κ3) is 4.83. The van der Waals surface area contributed by atoms with E-state index in [1.165, 1.54) is 11.3 Å². The van der Waals surface area contributed by atoms with E-state index in [1.807, 2.05) is 50.4 Å². The summed E-state index contributed by atoms with van der Waals surface area (Å²) in [5.41, 5.74) is 1.20. The molecule has 6 nitrogen and oxygen atoms in total. The number of ether oxygens (including phenoxy) is 1. The lowest BCUT2D eigenvalue weighted by atomic mass is 10.1. The molecule has 2 amide bonds. The first-order chi connectivity index (χ1) is 12.9. The Morgan fingerprint density at radius 1 is 1.19 bits per heavy atom. The monoisotopic (exact) mass is 383 g/mol. The van der Waals surface area contributed by atoms with E-state index < -0.39 is 0 Å². The lowest BCUT2D eigenvalue weighted by molar-refractivity contribution is -0.123. The molecule has 0 spiro atoms. The SMILES string of the molecule is Cc1csc(NC(=O)c2cc3ccccc3cc2OCC(=O)NC(C)C)n1. The largest absolute Gasteiger partial charge is 0.483 e. The van der Waals surface area contributed by atoms with Crippen molar-refractivity contribution in [2.24, 2.45) is 0 Å². The summed E-state index contributed by atoms with van der Waals surface area (Å²) in [7, 11) is 0. The summed E-state index contributed by atoms with van der Waals surface area (Å²) in [4.78, 5) is 29.0. The normalized spacial score (nSPS) is 10.8. The van der Waals surface area contributed by atoms with Gasteiger partial charge < -0.3 is 10.1 Å². The molecule has 0 atom stereocenters. The van der Waals surface area contributed by atoms with Gasteiger partial charge in [-0.3, -0.25) is 14.9 Å². The van der Waals surface area contributed by atoms with E-state index in [0.717, 1.165) is 16.5 Å². The van der Waals surface area contributed by atoms with Gasteiger partial charge in [0.2, 0.25) is 0 Å². The van der Waals surface area contributed by atoms with Crippen molar-refractivity contribution < 1.29 is 14.3 Å². The first-order valence-electron chi connectivity index (χ1n) is 8.61. The summed E-state index contributed by atoms with van der Waals surface area (Å²) in [5, 5.41) is 9.79. The molecule has 0 radical (unpaired) electrons. The average molecular weight is 383 g/mol. The van der Waals surface area contributed by atoms with Crippen LogP contribution in [0.3, 0.4) is 0 Å². The molecule has 27 heavy (non-hydrogen) atoms. The number of aromatic nitrogens is 1. The molecular formula is C20H21N3O3S. The number of hydrogen-bond acceptors (Lipinski definition) is 5. The highest BCUT2D eigenvalue weighted by atomic mass is 32.1. The van der Waals surface area contributed by atoms with Crippen molar-refractivity contribution in [3.8, 4) is 5.75 Å². The summed E-state index contributed by atoms with van der Waals surface area (Å²) in [6, 6.07) is 11.2. The van der Waals surface area contributed by atoms with Gasteiger partial charge in [-0.15, -0.1) is 11.3 Å². The number of benzene rings is 2. The maximum Gasteiger partial charge on any atom is 0.261 e. The number of nitrogens with zero attached hydrogens (tertiary/aromatic N) is 1. The molecule has 140 valence electrons. The van der Waals surface area contributed by atoms with Crippen LogP contribution in [0.15, 0.2) is 41.8 Å². The van der Waals surface area contributed by atoms with Crippen molar-refractivity contribution in [3.63, 3.8) is 0 Å². The molecule has 3 aromatic rings. The number of carbonyl (C=O) groups is 2. The van der Waals surface area contributed by atoms with E-state index in [-0.39, 0.29) is 24.5 Å². The second kappa shape index (κ2) is 8.18. The highest BCUT2D eigenvalue weighted by Gasteiger charge is 2.17. The van der Waals surface area contributed by atoms with Gasteiger partial charge in [-0.1, -0.05) is 24.3 Å². The Labute approximate surface area is 161 Å². The van der Waals surface area contributed by atoms with E-state index in [4.69, 9.17) is 4.74 Å². The molecule has 0 aliphatic rings. The Bertz CT molecular complexity index is 982. The minimum Gasteiger partial charge on any atom is -0.483 e. The lowest BCUT2D eigenvalue weighted by Gasteiger charge is -2.14. The third-order valence-electron chi connectivity index (χ3n) is 3.74. The zero-order valence-corrected chi connectivity index (χ0v) is 16.2. The highest BCUT2D eigenvalue weighted by molar-refractivity contribution is 7.13. The van der Waals surface area contributed by atoms with E-state index in [2.05, 4.69) is 15.6 Å². The number of anilines is 1. The zero-order chi connectivity index (χ0) is 19.4. The van der Waals surface area contributed by atoms with Crippen LogP contribution >= 0.6 is 11.3 Å². The van der Waals surface area contributed by atoms with Crippen LogP contribution < -0.4 is 15.4 Å². The van der Waals surface area contributed by atoms with Gasteiger partial charge in [0.1, 0.15) is 5.75 Å². The van der Waals surface area contributed by atoms with Gasteiger partial charge in [0.05, 0.1) is 11.3 Å². The molecule has 0 aliphatic heterocycles. The van der Waals surface area contributed by atoms with Crippen LogP contribution in [0, 0.1) is 6.92 Å². The summed E-state index contributed by atoms with van der Waals surface area (Å²) in [6.45, 7) is 5.46. The average Bonchev–Trinajstić information content (AvgIpc) is 3.03. The molecule has 2 N–H and O–H groups in total. The minimum absolute atomic E-state index is 0.0219. The summed E-state index contributed by atoms with van der Waals surface area (Å²) in [5.74, 6) is -0.201. The van der Waals surface area contributed by atoms with Crippen LogP contribution in [-0.4, -0.2) is 29.4 Å². The summed E-state index contributed by atoms with van der Waals surface area (Å²) >= 11 is 1.36. The number of aryl methyl sites for hydroxylation is 1. The molecule has 7 heteroatoms. The maximum absolute atomic E-state index is 12.8. The Morgan fingerprint density at radius 2 is 1.89 bits per heavy atom. The maximum atomic E-state index is 12.8. The van der Waals surface area contributed by atoms with E-state index in [0.29, 0.717) is 16.4 Å². The predicted molar refractivity (Wildman–Crippen MR) is 108 cm³/mol. The first kappa shape index (κ1) is 18.8. The van der Waals surface area contributed by atoms with Gasteiger partial charge in [0.25, 0.3) is 11.8 Å². The van der Waals surface area contributed by atoms with Crippen molar-refractivity contribution >= 4 is 39.1 Å². The van der Waals surface area contributed by atoms with Gasteiger partial charge in [-0.05, 0) is 43.7 Å². The lowest BCUT2D eigenvalue weighted by Crippen LogP contribution is -2.34. The second-order valence-corrected chi connectivity index (χ2v) is 7.31. The Kier molecular flexibility index (Phi) is 5.71. The molecule has 0 saturated heterocycles.